The third-order valence-electron chi connectivity index (χ3n) is 5.81. The van der Waals surface area contributed by atoms with E-state index >= 15 is 0 Å². The molecule has 2 saturated heterocycles. The first-order valence-electron chi connectivity index (χ1n) is 10.7. The summed E-state index contributed by atoms with van der Waals surface area (Å²) in [7, 11) is 2.14. The summed E-state index contributed by atoms with van der Waals surface area (Å²) in [6.07, 6.45) is 3.72. The van der Waals surface area contributed by atoms with E-state index in [0.29, 0.717) is 5.76 Å². The molecule has 9 heteroatoms. The predicted molar refractivity (Wildman–Crippen MR) is 118 cm³/mol. The number of aryl methyl sites for hydroxylation is 1. The lowest BCUT2D eigenvalue weighted by molar-refractivity contribution is 0.122. The SMILES string of the molecule is Cc1cc(-c2cnc(N3CCN(C)CC3)nc2-c2ccc(N3CCOCC3)nc2)on1. The Hall–Kier alpha value is -3.04. The molecule has 0 aromatic carbocycles. The molecule has 2 fully saturated rings. The fourth-order valence-electron chi connectivity index (χ4n) is 3.93. The van der Waals surface area contributed by atoms with Gasteiger partial charge in [0.25, 0.3) is 0 Å². The van der Waals surface area contributed by atoms with E-state index in [-0.39, 0.29) is 0 Å². The van der Waals surface area contributed by atoms with Crippen LogP contribution >= 0.6 is 0 Å². The zero-order valence-corrected chi connectivity index (χ0v) is 18.0. The maximum absolute atomic E-state index is 5.54. The summed E-state index contributed by atoms with van der Waals surface area (Å²) in [5, 5.41) is 4.04. The highest BCUT2D eigenvalue weighted by Gasteiger charge is 2.21. The molecule has 0 atom stereocenters. The van der Waals surface area contributed by atoms with Crippen LogP contribution in [0.1, 0.15) is 5.69 Å². The van der Waals surface area contributed by atoms with Crippen LogP contribution in [-0.4, -0.2) is 84.5 Å². The molecule has 0 saturated carbocycles. The second kappa shape index (κ2) is 8.60. The minimum absolute atomic E-state index is 0.662. The van der Waals surface area contributed by atoms with Gasteiger partial charge in [-0.1, -0.05) is 5.16 Å². The lowest BCUT2D eigenvalue weighted by atomic mass is 10.1. The number of rotatable bonds is 4. The van der Waals surface area contributed by atoms with E-state index in [2.05, 4.69) is 38.0 Å². The van der Waals surface area contributed by atoms with Crippen molar-refractivity contribution < 1.29 is 9.26 Å². The normalized spacial score (nSPS) is 17.9. The van der Waals surface area contributed by atoms with Crippen molar-refractivity contribution in [2.24, 2.45) is 0 Å². The highest BCUT2D eigenvalue weighted by molar-refractivity contribution is 5.78. The Morgan fingerprint density at radius 2 is 1.71 bits per heavy atom. The summed E-state index contributed by atoms with van der Waals surface area (Å²) in [5.41, 5.74) is 3.38. The van der Waals surface area contributed by atoms with Gasteiger partial charge in [0.1, 0.15) is 5.82 Å². The van der Waals surface area contributed by atoms with Gasteiger partial charge in [-0.25, -0.2) is 15.0 Å². The van der Waals surface area contributed by atoms with E-state index in [1.165, 1.54) is 0 Å². The van der Waals surface area contributed by atoms with Gasteiger partial charge in [-0.05, 0) is 26.1 Å². The monoisotopic (exact) mass is 421 g/mol. The molecule has 0 aliphatic carbocycles. The summed E-state index contributed by atoms with van der Waals surface area (Å²) in [5.74, 6) is 2.35. The molecule has 0 radical (unpaired) electrons. The van der Waals surface area contributed by atoms with Crippen molar-refractivity contribution in [3.63, 3.8) is 0 Å². The zero-order valence-electron chi connectivity index (χ0n) is 18.0. The van der Waals surface area contributed by atoms with Gasteiger partial charge in [0.05, 0.1) is 30.2 Å². The highest BCUT2D eigenvalue weighted by Crippen LogP contribution is 2.32. The van der Waals surface area contributed by atoms with Gasteiger partial charge < -0.3 is 24.0 Å². The van der Waals surface area contributed by atoms with Gasteiger partial charge in [0.15, 0.2) is 5.76 Å². The molecule has 2 aliphatic rings. The maximum Gasteiger partial charge on any atom is 0.225 e. The molecule has 2 aliphatic heterocycles. The van der Waals surface area contributed by atoms with Crippen LogP contribution in [0.2, 0.25) is 0 Å². The van der Waals surface area contributed by atoms with E-state index in [9.17, 15) is 0 Å². The van der Waals surface area contributed by atoms with Crippen LogP contribution in [-0.2, 0) is 4.74 Å². The summed E-state index contributed by atoms with van der Waals surface area (Å²) >= 11 is 0. The number of aromatic nitrogens is 4. The minimum Gasteiger partial charge on any atom is -0.378 e. The molecule has 5 heterocycles. The molecule has 9 nitrogen and oxygen atoms in total. The molecule has 162 valence electrons. The third kappa shape index (κ3) is 4.24. The number of morpholine rings is 1. The molecule has 0 spiro atoms. The molecule has 31 heavy (non-hydrogen) atoms. The van der Waals surface area contributed by atoms with Gasteiger partial charge in [-0.3, -0.25) is 0 Å². The molecule has 0 amide bonds. The third-order valence-corrected chi connectivity index (χ3v) is 5.81. The topological polar surface area (TPSA) is 83.7 Å². The predicted octanol–water partition coefficient (Wildman–Crippen LogP) is 2.09. The van der Waals surface area contributed by atoms with Gasteiger partial charge in [-0.15, -0.1) is 0 Å². The first-order chi connectivity index (χ1) is 15.2. The minimum atomic E-state index is 0.662. The smallest absolute Gasteiger partial charge is 0.225 e. The number of hydrogen-bond acceptors (Lipinski definition) is 9. The van der Waals surface area contributed by atoms with Crippen LogP contribution in [0.4, 0.5) is 11.8 Å². The zero-order chi connectivity index (χ0) is 21.2. The Kier molecular flexibility index (Phi) is 5.52. The molecule has 3 aromatic heterocycles. The number of nitrogens with zero attached hydrogens (tertiary/aromatic N) is 7. The van der Waals surface area contributed by atoms with Crippen LogP contribution in [0, 0.1) is 6.92 Å². The van der Waals surface area contributed by atoms with Crippen molar-refractivity contribution in [2.75, 3.05) is 69.3 Å². The maximum atomic E-state index is 5.54. The molecule has 5 rings (SSSR count). The molecular formula is C22H27N7O2. The van der Waals surface area contributed by atoms with Crippen molar-refractivity contribution in [1.29, 1.82) is 0 Å². The van der Waals surface area contributed by atoms with E-state index in [1.807, 2.05) is 31.5 Å². The van der Waals surface area contributed by atoms with Gasteiger partial charge in [0, 0.05) is 63.3 Å². The van der Waals surface area contributed by atoms with Crippen LogP contribution in [0.3, 0.4) is 0 Å². The number of pyridine rings is 1. The fraction of sp³-hybridized carbons (Fsp3) is 0.455. The average Bonchev–Trinajstić information content (AvgIpc) is 3.26. The number of ether oxygens (including phenoxy) is 1. The van der Waals surface area contributed by atoms with Crippen LogP contribution in [0.5, 0.6) is 0 Å². The number of anilines is 2. The lowest BCUT2D eigenvalue weighted by Gasteiger charge is -2.32. The molecule has 3 aromatic rings. The van der Waals surface area contributed by atoms with Crippen LogP contribution < -0.4 is 9.80 Å². The molecule has 0 unspecified atom stereocenters. The largest absolute Gasteiger partial charge is 0.378 e. The fourth-order valence-corrected chi connectivity index (χ4v) is 3.93. The van der Waals surface area contributed by atoms with Crippen LogP contribution in [0.25, 0.3) is 22.6 Å². The molecule has 0 bridgehead atoms. The van der Waals surface area contributed by atoms with Gasteiger partial charge in [0.2, 0.25) is 5.95 Å². The van der Waals surface area contributed by atoms with E-state index in [1.54, 1.807) is 0 Å². The summed E-state index contributed by atoms with van der Waals surface area (Å²) in [6.45, 7) is 8.90. The summed E-state index contributed by atoms with van der Waals surface area (Å²) in [6, 6.07) is 6.03. The summed E-state index contributed by atoms with van der Waals surface area (Å²) in [4.78, 5) is 21.1. The van der Waals surface area contributed by atoms with E-state index < -0.39 is 0 Å². The molecule has 0 N–H and O–H groups in total. The van der Waals surface area contributed by atoms with Crippen molar-refractivity contribution in [2.45, 2.75) is 6.92 Å². The van der Waals surface area contributed by atoms with Gasteiger partial charge in [-0.2, -0.15) is 0 Å². The van der Waals surface area contributed by atoms with Crippen molar-refractivity contribution >= 4 is 11.8 Å². The van der Waals surface area contributed by atoms with Crippen molar-refractivity contribution in [3.8, 4) is 22.6 Å². The highest BCUT2D eigenvalue weighted by atomic mass is 16.5. The van der Waals surface area contributed by atoms with E-state index in [4.69, 9.17) is 19.2 Å². The van der Waals surface area contributed by atoms with Crippen LogP contribution in [0.15, 0.2) is 35.1 Å². The number of piperazine rings is 1. The number of likely N-dealkylation sites (N-methyl/N-ethyl adjacent to an activating group) is 1. The first-order valence-corrected chi connectivity index (χ1v) is 10.7. The average molecular weight is 422 g/mol. The Morgan fingerprint density at radius 1 is 0.903 bits per heavy atom. The Balaban J connectivity index is 1.50. The number of hydrogen-bond donors (Lipinski definition) is 0. The summed E-state index contributed by atoms with van der Waals surface area (Å²) < 4.78 is 11.0. The van der Waals surface area contributed by atoms with Crippen molar-refractivity contribution in [3.05, 3.63) is 36.3 Å². The standard InChI is InChI=1S/C22H27N7O2/c1-16-13-19(31-26-16)18-15-24-22(29-7-5-27(2)6-8-29)25-21(18)17-3-4-20(23-14-17)28-9-11-30-12-10-28/h3-4,13-15H,5-12H2,1-2H3. The quantitative estimate of drug-likeness (QED) is 0.629. The molecular weight excluding hydrogens is 394 g/mol. The lowest BCUT2D eigenvalue weighted by Crippen LogP contribution is -2.45. The first kappa shape index (κ1) is 19.9. The Morgan fingerprint density at radius 3 is 2.39 bits per heavy atom. The second-order valence-electron chi connectivity index (χ2n) is 8.06. The second-order valence-corrected chi connectivity index (χ2v) is 8.06. The van der Waals surface area contributed by atoms with E-state index in [0.717, 1.165) is 86.8 Å². The Labute approximate surface area is 181 Å². The Bertz CT molecular complexity index is 1020. The van der Waals surface area contributed by atoms with Crippen molar-refractivity contribution in [1.82, 2.24) is 25.0 Å². The van der Waals surface area contributed by atoms with Gasteiger partial charge >= 0.3 is 0 Å².